The largest absolute Gasteiger partial charge is 0.495 e. The van der Waals surface area contributed by atoms with Crippen LogP contribution in [0.15, 0.2) is 29.4 Å². The van der Waals surface area contributed by atoms with Crippen LogP contribution in [-0.4, -0.2) is 27.4 Å². The number of benzene rings is 1. The highest BCUT2D eigenvalue weighted by Gasteiger charge is 2.14. The third kappa shape index (κ3) is 2.68. The Labute approximate surface area is 137 Å². The Bertz CT molecular complexity index is 949. The highest BCUT2D eigenvalue weighted by atomic mass is 32.1. The average molecular weight is 330 g/mol. The van der Waals surface area contributed by atoms with Gasteiger partial charge in [0.25, 0.3) is 5.91 Å². The average Bonchev–Trinajstić information content (AvgIpc) is 3.12. The lowest BCUT2D eigenvalue weighted by atomic mass is 10.2. The minimum Gasteiger partial charge on any atom is -0.495 e. The molecule has 0 N–H and O–H groups in total. The number of thiazole rings is 1. The predicted octanol–water partition coefficient (Wildman–Crippen LogP) is 2.51. The summed E-state index contributed by atoms with van der Waals surface area (Å²) < 4.78 is 10.2. The molecule has 6 nitrogen and oxygen atoms in total. The lowest BCUT2D eigenvalue weighted by molar-refractivity contribution is 0.0992. The molecule has 3 aromatic rings. The number of aromatic nitrogens is 3. The number of hydrogen-bond donors (Lipinski definition) is 0. The van der Waals surface area contributed by atoms with Crippen LogP contribution in [0.1, 0.15) is 23.0 Å². The molecule has 0 unspecified atom stereocenters. The molecular formula is C16H18N4O2S. The maximum atomic E-state index is 12.3. The standard InChI is InChI=1S/C16H18N4O2S/c1-5-20-13-12(22-4)7-6-10(2)14(13)23-16(20)17-15(21)11-8-9-19(3)18-11/h6-9H,5H2,1-4H3. The number of amides is 1. The Kier molecular flexibility index (Phi) is 4.04. The van der Waals surface area contributed by atoms with E-state index in [2.05, 4.69) is 10.1 Å². The maximum Gasteiger partial charge on any atom is 0.300 e. The van der Waals surface area contributed by atoms with Gasteiger partial charge < -0.3 is 9.30 Å². The predicted molar refractivity (Wildman–Crippen MR) is 89.9 cm³/mol. The normalized spacial score (nSPS) is 12.1. The van der Waals surface area contributed by atoms with Crippen LogP contribution in [0.2, 0.25) is 0 Å². The summed E-state index contributed by atoms with van der Waals surface area (Å²) in [5.74, 6) is 0.450. The molecular weight excluding hydrogens is 312 g/mol. The summed E-state index contributed by atoms with van der Waals surface area (Å²) in [6, 6.07) is 5.63. The summed E-state index contributed by atoms with van der Waals surface area (Å²) in [6.07, 6.45) is 1.73. The molecule has 0 fully saturated rings. The van der Waals surface area contributed by atoms with Crippen LogP contribution >= 0.6 is 11.3 Å². The van der Waals surface area contributed by atoms with E-state index in [4.69, 9.17) is 4.74 Å². The van der Waals surface area contributed by atoms with Gasteiger partial charge in [-0.3, -0.25) is 9.48 Å². The number of ether oxygens (including phenoxy) is 1. The quantitative estimate of drug-likeness (QED) is 0.741. The summed E-state index contributed by atoms with van der Waals surface area (Å²) in [6.45, 7) is 4.77. The maximum absolute atomic E-state index is 12.3. The molecule has 0 bridgehead atoms. The van der Waals surface area contributed by atoms with E-state index < -0.39 is 0 Å². The Hall–Kier alpha value is -2.41. The van der Waals surface area contributed by atoms with Crippen LogP contribution in [-0.2, 0) is 13.6 Å². The third-order valence-corrected chi connectivity index (χ3v) is 4.87. The first kappa shape index (κ1) is 15.5. The number of hydrogen-bond acceptors (Lipinski definition) is 4. The van der Waals surface area contributed by atoms with Crippen molar-refractivity contribution in [3.63, 3.8) is 0 Å². The molecule has 2 heterocycles. The van der Waals surface area contributed by atoms with E-state index in [0.717, 1.165) is 21.5 Å². The highest BCUT2D eigenvalue weighted by Crippen LogP contribution is 2.30. The highest BCUT2D eigenvalue weighted by molar-refractivity contribution is 7.16. The molecule has 23 heavy (non-hydrogen) atoms. The van der Waals surface area contributed by atoms with Gasteiger partial charge in [-0.05, 0) is 31.5 Å². The molecule has 2 aromatic heterocycles. The topological polar surface area (TPSA) is 61.4 Å². The zero-order valence-electron chi connectivity index (χ0n) is 13.5. The van der Waals surface area contributed by atoms with Crippen molar-refractivity contribution in [2.75, 3.05) is 7.11 Å². The molecule has 1 amide bonds. The van der Waals surface area contributed by atoms with Crippen molar-refractivity contribution in [1.82, 2.24) is 14.3 Å². The Morgan fingerprint density at radius 2 is 2.17 bits per heavy atom. The molecule has 7 heteroatoms. The number of carbonyl (C=O) groups excluding carboxylic acids is 1. The molecule has 0 aliphatic rings. The SMILES string of the molecule is CCn1c(=NC(=O)c2ccn(C)n2)sc2c(C)ccc(OC)c21. The summed E-state index contributed by atoms with van der Waals surface area (Å²) >= 11 is 1.50. The third-order valence-electron chi connectivity index (χ3n) is 3.65. The second-order valence-corrected chi connectivity index (χ2v) is 6.16. The van der Waals surface area contributed by atoms with Gasteiger partial charge >= 0.3 is 0 Å². The zero-order chi connectivity index (χ0) is 16.6. The van der Waals surface area contributed by atoms with E-state index in [1.54, 1.807) is 31.1 Å². The van der Waals surface area contributed by atoms with Gasteiger partial charge in [0, 0.05) is 19.8 Å². The molecule has 120 valence electrons. The molecule has 0 saturated heterocycles. The van der Waals surface area contributed by atoms with Crippen LogP contribution in [0.5, 0.6) is 5.75 Å². The fourth-order valence-electron chi connectivity index (χ4n) is 2.49. The van der Waals surface area contributed by atoms with Gasteiger partial charge in [-0.1, -0.05) is 17.4 Å². The Morgan fingerprint density at radius 1 is 1.39 bits per heavy atom. The van der Waals surface area contributed by atoms with Crippen LogP contribution in [0, 0.1) is 6.92 Å². The minimum absolute atomic E-state index is 0.337. The van der Waals surface area contributed by atoms with Gasteiger partial charge in [-0.15, -0.1) is 0 Å². The number of rotatable bonds is 3. The summed E-state index contributed by atoms with van der Waals surface area (Å²) in [5.41, 5.74) is 2.46. The van der Waals surface area contributed by atoms with Crippen LogP contribution in [0.4, 0.5) is 0 Å². The van der Waals surface area contributed by atoms with Crippen molar-refractivity contribution < 1.29 is 9.53 Å². The van der Waals surface area contributed by atoms with Crippen molar-refractivity contribution in [3.8, 4) is 5.75 Å². The van der Waals surface area contributed by atoms with E-state index in [-0.39, 0.29) is 5.91 Å². The fourth-order valence-corrected chi connectivity index (χ4v) is 3.67. The van der Waals surface area contributed by atoms with Gasteiger partial charge in [-0.2, -0.15) is 10.1 Å². The lowest BCUT2D eigenvalue weighted by Gasteiger charge is -2.07. The number of fused-ring (bicyclic) bond motifs is 1. The summed E-state index contributed by atoms with van der Waals surface area (Å²) in [4.78, 5) is 17.3. The Balaban J connectivity index is 2.23. The monoisotopic (exact) mass is 330 g/mol. The number of aryl methyl sites for hydroxylation is 3. The molecule has 3 rings (SSSR count). The molecule has 0 aliphatic heterocycles. The van der Waals surface area contributed by atoms with E-state index in [0.29, 0.717) is 17.0 Å². The van der Waals surface area contributed by atoms with Crippen LogP contribution in [0.25, 0.3) is 10.2 Å². The molecule has 0 atom stereocenters. The van der Waals surface area contributed by atoms with Gasteiger partial charge in [0.15, 0.2) is 10.5 Å². The van der Waals surface area contributed by atoms with Gasteiger partial charge in [0.05, 0.1) is 11.8 Å². The number of methoxy groups -OCH3 is 1. The first-order valence-corrected chi connectivity index (χ1v) is 8.12. The molecule has 0 saturated carbocycles. The first-order chi connectivity index (χ1) is 11.0. The number of carbonyl (C=O) groups is 1. The zero-order valence-corrected chi connectivity index (χ0v) is 14.3. The van der Waals surface area contributed by atoms with E-state index in [9.17, 15) is 4.79 Å². The molecule has 1 aromatic carbocycles. The first-order valence-electron chi connectivity index (χ1n) is 7.30. The smallest absolute Gasteiger partial charge is 0.300 e. The van der Waals surface area contributed by atoms with Crippen molar-refractivity contribution in [3.05, 3.63) is 40.5 Å². The second kappa shape index (κ2) is 6.00. The van der Waals surface area contributed by atoms with Crippen molar-refractivity contribution in [2.24, 2.45) is 12.0 Å². The van der Waals surface area contributed by atoms with E-state index in [1.807, 2.05) is 30.5 Å². The lowest BCUT2D eigenvalue weighted by Crippen LogP contribution is -2.16. The van der Waals surface area contributed by atoms with Crippen molar-refractivity contribution >= 4 is 27.5 Å². The fraction of sp³-hybridized carbons (Fsp3) is 0.312. The van der Waals surface area contributed by atoms with E-state index >= 15 is 0 Å². The molecule has 0 radical (unpaired) electrons. The number of nitrogens with zero attached hydrogens (tertiary/aromatic N) is 4. The van der Waals surface area contributed by atoms with Crippen LogP contribution < -0.4 is 9.54 Å². The molecule has 0 spiro atoms. The van der Waals surface area contributed by atoms with Gasteiger partial charge in [-0.25, -0.2) is 0 Å². The summed E-state index contributed by atoms with van der Waals surface area (Å²) in [5, 5.41) is 4.11. The Morgan fingerprint density at radius 3 is 2.78 bits per heavy atom. The molecule has 0 aliphatic carbocycles. The minimum atomic E-state index is -0.337. The van der Waals surface area contributed by atoms with E-state index in [1.165, 1.54) is 11.3 Å². The van der Waals surface area contributed by atoms with Gasteiger partial charge in [0.2, 0.25) is 0 Å². The summed E-state index contributed by atoms with van der Waals surface area (Å²) in [7, 11) is 3.42. The van der Waals surface area contributed by atoms with Crippen molar-refractivity contribution in [2.45, 2.75) is 20.4 Å². The van der Waals surface area contributed by atoms with Crippen LogP contribution in [0.3, 0.4) is 0 Å². The van der Waals surface area contributed by atoms with Gasteiger partial charge in [0.1, 0.15) is 11.3 Å². The van der Waals surface area contributed by atoms with Crippen molar-refractivity contribution in [1.29, 1.82) is 0 Å². The second-order valence-electron chi connectivity index (χ2n) is 5.18.